The van der Waals surface area contributed by atoms with Gasteiger partial charge < -0.3 is 42.5 Å². The van der Waals surface area contributed by atoms with E-state index in [-0.39, 0.29) is 35.6 Å². The highest BCUT2D eigenvalue weighted by molar-refractivity contribution is 6.30. The maximum atomic E-state index is 14.3. The molecule has 117 heavy (non-hydrogen) atoms. The smallest absolute Gasteiger partial charge is 0.153 e. The molecule has 24 nitrogen and oxygen atoms in total. The zero-order valence-electron chi connectivity index (χ0n) is 65.5. The molecular formula is C86H93Cl2F5N24. The Hall–Kier alpha value is -11.3. The average molecular weight is 1630 g/mol. The number of nitrogens with one attached hydrogen (secondary N) is 12. The lowest BCUT2D eigenvalue weighted by Gasteiger charge is -2.28. The molecule has 8 saturated carbocycles. The first kappa shape index (κ1) is 78.2. The molecule has 3 unspecified atom stereocenters. The second kappa shape index (κ2) is 33.7. The SMILES string of the molecule is CC(C)(Nc1cc(Nc2cc(C3CC3)[nH]n2)nc(C2CC2)n1)c1ccc(F)cc1.CC(Nc1cc(Nc2cc(C3CC3)[nH]n2)nc(C2CC2)n1)c1ccc(Cl)cc1F.CC(Nc1cc(Nc2cc(C3CC3)[nH]n2)nc(C2CC2)n1)c1ccc(Cl)cc1F.CCC(Nc1cc(Nc2cc(C3CC3)[nH]n2)nc(C2CC2)n1)c1ccc(F)cc1F. The molecule has 31 heteroatoms. The van der Waals surface area contributed by atoms with Crippen LogP contribution in [0.5, 0.6) is 0 Å². The van der Waals surface area contributed by atoms with Crippen LogP contribution in [0, 0.1) is 29.1 Å². The largest absolute Gasteiger partial charge is 0.363 e. The van der Waals surface area contributed by atoms with Gasteiger partial charge in [0, 0.05) is 151 Å². The Morgan fingerprint density at radius 1 is 0.342 bits per heavy atom. The van der Waals surface area contributed by atoms with E-state index in [0.29, 0.717) is 115 Å². The predicted octanol–water partition coefficient (Wildman–Crippen LogP) is 22.1. The first-order valence-corrected chi connectivity index (χ1v) is 41.4. The van der Waals surface area contributed by atoms with Gasteiger partial charge in [-0.25, -0.2) is 61.8 Å². The van der Waals surface area contributed by atoms with E-state index in [0.717, 1.165) is 138 Å². The van der Waals surface area contributed by atoms with Crippen molar-refractivity contribution < 1.29 is 22.0 Å². The minimum absolute atomic E-state index is 0.237. The maximum Gasteiger partial charge on any atom is 0.153 e. The molecule has 12 N–H and O–H groups in total. The van der Waals surface area contributed by atoms with Gasteiger partial charge in [-0.1, -0.05) is 60.5 Å². The topological polar surface area (TPSA) is 314 Å². The molecule has 8 aliphatic rings. The number of hydrogen-bond acceptors (Lipinski definition) is 20. The number of H-pyrrole nitrogens is 4. The minimum Gasteiger partial charge on any atom is -0.363 e. The van der Waals surface area contributed by atoms with Crippen LogP contribution in [0.2, 0.25) is 10.0 Å². The summed E-state index contributed by atoms with van der Waals surface area (Å²) in [5.41, 5.74) is 6.72. The number of anilines is 12. The standard InChI is InChI=1S/C22H24F2N6.C22H25FN6.2C21H22ClFN6/c1-2-17(15-8-7-14(23)9-16(15)24)25-19-11-20(28-22(27-19)13-5-6-13)26-21-10-18(29-30-21)12-3-4-12;1-22(2,15-7-9-16(23)10-8-15)27-19-12-18(25-21(26-19)14-5-6-14)24-20-11-17(28-29-20)13-3-4-13;2*1-11(15-7-6-14(22)8-16(15)23)24-18-10-19(27-21(26-18)13-4-5-13)25-20-9-17(28-29-20)12-2-3-12/h7-13,17H,2-6H2,1H3,(H3,25,26,27,28,29,30);7-14H,3-6H2,1-2H3,(H3,24,25,26,27,28,29);2*6-13H,2-5H2,1H3,(H3,24,25,26,27,28,29). The number of benzene rings is 4. The Balaban J connectivity index is 0.000000112. The third-order valence-electron chi connectivity index (χ3n) is 21.9. The number of halogens is 7. The highest BCUT2D eigenvalue weighted by Crippen LogP contribution is 2.47. The second-order valence-electron chi connectivity index (χ2n) is 32.6. The summed E-state index contributed by atoms with van der Waals surface area (Å²) < 4.78 is 69.5. The highest BCUT2D eigenvalue weighted by Gasteiger charge is 2.35. The molecule has 0 aliphatic heterocycles. The molecule has 4 aromatic carbocycles. The minimum atomic E-state index is -0.583. The molecule has 8 aliphatic carbocycles. The molecule has 8 fully saturated rings. The summed E-state index contributed by atoms with van der Waals surface area (Å²) in [7, 11) is 0. The van der Waals surface area contributed by atoms with Gasteiger partial charge in [0.25, 0.3) is 0 Å². The molecule has 0 amide bonds. The number of rotatable bonds is 29. The lowest BCUT2D eigenvalue weighted by molar-refractivity contribution is 0.558. The van der Waals surface area contributed by atoms with Crippen LogP contribution in [0.3, 0.4) is 0 Å². The molecule has 606 valence electrons. The van der Waals surface area contributed by atoms with Crippen molar-refractivity contribution in [3.05, 3.63) is 235 Å². The van der Waals surface area contributed by atoms with Gasteiger partial charge in [0.15, 0.2) is 23.3 Å². The van der Waals surface area contributed by atoms with Gasteiger partial charge in [0.05, 0.1) is 23.7 Å². The third-order valence-corrected chi connectivity index (χ3v) is 22.4. The van der Waals surface area contributed by atoms with Crippen molar-refractivity contribution in [3.8, 4) is 0 Å². The number of aromatic nitrogens is 16. The summed E-state index contributed by atoms with van der Waals surface area (Å²) in [6.07, 6.45) is 19.1. The van der Waals surface area contributed by atoms with Crippen molar-refractivity contribution in [2.75, 3.05) is 42.5 Å². The molecule has 0 saturated heterocycles. The molecule has 0 spiro atoms. The molecule has 12 aromatic rings. The van der Waals surface area contributed by atoms with Crippen molar-refractivity contribution in [2.45, 2.75) is 215 Å². The lowest BCUT2D eigenvalue weighted by Crippen LogP contribution is -2.28. The lowest BCUT2D eigenvalue weighted by atomic mass is 9.94. The molecule has 3 atom stereocenters. The van der Waals surface area contributed by atoms with Crippen LogP contribution in [-0.2, 0) is 5.54 Å². The van der Waals surface area contributed by atoms with E-state index in [2.05, 4.69) is 133 Å². The zero-order valence-corrected chi connectivity index (χ0v) is 67.0. The fourth-order valence-corrected chi connectivity index (χ4v) is 14.3. The van der Waals surface area contributed by atoms with Crippen molar-refractivity contribution in [2.24, 2.45) is 0 Å². The summed E-state index contributed by atoms with van der Waals surface area (Å²) in [6.45, 7) is 9.86. The van der Waals surface area contributed by atoms with Crippen LogP contribution >= 0.6 is 23.2 Å². The van der Waals surface area contributed by atoms with Gasteiger partial charge in [0.1, 0.15) is 98.9 Å². The number of aromatic amines is 4. The normalized spacial score (nSPS) is 17.0. The first-order valence-electron chi connectivity index (χ1n) is 40.7. The second-order valence-corrected chi connectivity index (χ2v) is 33.5. The zero-order chi connectivity index (χ0) is 80.6. The summed E-state index contributed by atoms with van der Waals surface area (Å²) in [5.74, 6) is 13.6. The van der Waals surface area contributed by atoms with Gasteiger partial charge in [-0.05, 0) is 185 Å². The molecule has 0 bridgehead atoms. The van der Waals surface area contributed by atoms with E-state index in [4.69, 9.17) is 33.2 Å². The summed E-state index contributed by atoms with van der Waals surface area (Å²) in [4.78, 5) is 37.4. The Morgan fingerprint density at radius 3 is 0.966 bits per heavy atom. The fourth-order valence-electron chi connectivity index (χ4n) is 14.0. The van der Waals surface area contributed by atoms with E-state index in [1.165, 1.54) is 93.5 Å². The van der Waals surface area contributed by atoms with E-state index in [9.17, 15) is 22.0 Å². The first-order chi connectivity index (χ1) is 56.6. The Bertz CT molecular complexity index is 5340. The summed E-state index contributed by atoms with van der Waals surface area (Å²) >= 11 is 11.7. The van der Waals surface area contributed by atoms with Crippen LogP contribution in [-0.4, -0.2) is 80.7 Å². The van der Waals surface area contributed by atoms with Crippen molar-refractivity contribution in [1.82, 2.24) is 80.7 Å². The molecular weight excluding hydrogens is 1540 g/mol. The number of nitrogens with zero attached hydrogens (tertiary/aromatic N) is 12. The van der Waals surface area contributed by atoms with Crippen LogP contribution in [0.4, 0.5) is 91.8 Å². The van der Waals surface area contributed by atoms with Crippen LogP contribution < -0.4 is 42.5 Å². The molecule has 0 radical (unpaired) electrons. The van der Waals surface area contributed by atoms with Gasteiger partial charge in [-0.2, -0.15) is 20.4 Å². The van der Waals surface area contributed by atoms with Gasteiger partial charge in [0.2, 0.25) is 0 Å². The van der Waals surface area contributed by atoms with Crippen molar-refractivity contribution >= 4 is 93.0 Å². The van der Waals surface area contributed by atoms with Gasteiger partial charge in [-0.15, -0.1) is 0 Å². The fraction of sp³-hybridized carbons (Fsp3) is 0.395. The monoisotopic (exact) mass is 1630 g/mol. The van der Waals surface area contributed by atoms with Crippen molar-refractivity contribution in [3.63, 3.8) is 0 Å². The van der Waals surface area contributed by atoms with E-state index in [1.54, 1.807) is 42.5 Å². The van der Waals surface area contributed by atoms with Crippen LogP contribution in [0.15, 0.2) is 127 Å². The Labute approximate surface area is 684 Å². The highest BCUT2D eigenvalue weighted by atomic mass is 35.5. The quantitative estimate of drug-likeness (QED) is 0.0194. The van der Waals surface area contributed by atoms with Gasteiger partial charge in [-0.3, -0.25) is 20.4 Å². The number of hydrogen-bond donors (Lipinski definition) is 12. The van der Waals surface area contributed by atoms with E-state index >= 15 is 0 Å². The third kappa shape index (κ3) is 20.7. The van der Waals surface area contributed by atoms with Crippen LogP contribution in [0.25, 0.3) is 0 Å². The summed E-state index contributed by atoms with van der Waals surface area (Å²) in [6, 6.07) is 34.3. The van der Waals surface area contributed by atoms with E-state index in [1.807, 2.05) is 57.2 Å². The van der Waals surface area contributed by atoms with Crippen molar-refractivity contribution in [1.29, 1.82) is 0 Å². The Kier molecular flexibility index (Phi) is 22.5. The molecule has 8 heterocycles. The van der Waals surface area contributed by atoms with Gasteiger partial charge >= 0.3 is 0 Å². The predicted molar refractivity (Wildman–Crippen MR) is 444 cm³/mol. The molecule has 8 aromatic heterocycles. The Morgan fingerprint density at radius 2 is 0.641 bits per heavy atom. The van der Waals surface area contributed by atoms with Crippen LogP contribution in [0.1, 0.15) is 278 Å². The average Bonchev–Trinajstić information content (AvgIpc) is 1.70. The maximum absolute atomic E-state index is 14.3. The van der Waals surface area contributed by atoms with E-state index < -0.39 is 17.2 Å². The molecule has 20 rings (SSSR count). The summed E-state index contributed by atoms with van der Waals surface area (Å²) in [5, 5.41) is 57.1.